The molecule has 0 saturated heterocycles. The predicted molar refractivity (Wildman–Crippen MR) is 137 cm³/mol. The van der Waals surface area contributed by atoms with Crippen LogP contribution in [0.2, 0.25) is 5.02 Å². The molecule has 0 amide bonds. The number of nitrogens with one attached hydrogen (secondary N) is 1. The van der Waals surface area contributed by atoms with Gasteiger partial charge in [-0.1, -0.05) is 42.5 Å². The van der Waals surface area contributed by atoms with Gasteiger partial charge in [-0.3, -0.25) is 14.4 Å². The second kappa shape index (κ2) is 16.5. The summed E-state index contributed by atoms with van der Waals surface area (Å²) in [5.74, 6) is -1.67. The Labute approximate surface area is 218 Å². The number of rotatable bonds is 14. The Morgan fingerprint density at radius 2 is 1.71 bits per heavy atom. The van der Waals surface area contributed by atoms with Crippen molar-refractivity contribution in [1.29, 1.82) is 0 Å². The molecule has 0 aromatic heterocycles. The molecule has 1 aromatic carbocycles. The molecule has 0 saturated carbocycles. The molecule has 0 fully saturated rings. The standard InChI is InChI=1S/C24H36ClN3O6.ClH/c1-5-13-32-23(31)20(28-14-19(27)22(30)34-24(2,3)4)12-8-11-18(26)21(29)33-15-16-9-6-7-10-17(16)25;/h5-7,9-10,18-20,28H,1,8,11-15,26-27H2,2-4H3;1H/t18?,19?,20-;/m0./s1. The zero-order chi connectivity index (χ0) is 25.7. The summed E-state index contributed by atoms with van der Waals surface area (Å²) in [5.41, 5.74) is 11.8. The highest BCUT2D eigenvalue weighted by atomic mass is 35.5. The highest BCUT2D eigenvalue weighted by Crippen LogP contribution is 2.16. The van der Waals surface area contributed by atoms with E-state index in [1.54, 1.807) is 45.0 Å². The fourth-order valence-corrected chi connectivity index (χ4v) is 3.00. The highest BCUT2D eigenvalue weighted by molar-refractivity contribution is 6.31. The molecule has 9 nitrogen and oxygen atoms in total. The molecule has 11 heteroatoms. The number of halogens is 2. The first kappa shape index (κ1) is 32.8. The van der Waals surface area contributed by atoms with Gasteiger partial charge in [0.15, 0.2) is 0 Å². The highest BCUT2D eigenvalue weighted by Gasteiger charge is 2.26. The van der Waals surface area contributed by atoms with Crippen LogP contribution in [-0.2, 0) is 35.2 Å². The van der Waals surface area contributed by atoms with Gasteiger partial charge in [0, 0.05) is 17.1 Å². The third-order valence-electron chi connectivity index (χ3n) is 4.56. The molecule has 35 heavy (non-hydrogen) atoms. The Morgan fingerprint density at radius 3 is 2.31 bits per heavy atom. The normalized spacial score (nSPS) is 13.5. The van der Waals surface area contributed by atoms with Crippen LogP contribution in [0.3, 0.4) is 0 Å². The number of nitrogens with two attached hydrogens (primary N) is 2. The Bertz CT molecular complexity index is 832. The maximum absolute atomic E-state index is 12.4. The van der Waals surface area contributed by atoms with E-state index in [0.29, 0.717) is 23.4 Å². The van der Waals surface area contributed by atoms with Gasteiger partial charge in [-0.2, -0.15) is 0 Å². The number of carbonyl (C=O) groups is 3. The minimum atomic E-state index is -0.962. The van der Waals surface area contributed by atoms with Gasteiger partial charge in [-0.05, 0) is 46.1 Å². The van der Waals surface area contributed by atoms with Gasteiger partial charge in [-0.25, -0.2) is 0 Å². The Hall–Kier alpha value is -2.17. The van der Waals surface area contributed by atoms with E-state index in [0.717, 1.165) is 0 Å². The monoisotopic (exact) mass is 533 g/mol. The summed E-state index contributed by atoms with van der Waals surface area (Å²) in [4.78, 5) is 36.7. The molecule has 0 radical (unpaired) electrons. The summed E-state index contributed by atoms with van der Waals surface area (Å²) in [6.07, 6.45) is 2.46. The van der Waals surface area contributed by atoms with Crippen LogP contribution in [0.1, 0.15) is 45.6 Å². The first-order valence-electron chi connectivity index (χ1n) is 11.1. The lowest BCUT2D eigenvalue weighted by Crippen LogP contribution is -2.49. The van der Waals surface area contributed by atoms with E-state index >= 15 is 0 Å². The minimum absolute atomic E-state index is 0. The van der Waals surface area contributed by atoms with E-state index in [1.807, 2.05) is 0 Å². The van der Waals surface area contributed by atoms with Crippen molar-refractivity contribution in [2.45, 2.75) is 70.4 Å². The van der Waals surface area contributed by atoms with Crippen LogP contribution in [0.4, 0.5) is 0 Å². The molecule has 0 aliphatic rings. The van der Waals surface area contributed by atoms with Crippen LogP contribution in [0, 0.1) is 0 Å². The molecular formula is C24H37Cl2N3O6. The summed E-state index contributed by atoms with van der Waals surface area (Å²) in [6.45, 7) is 8.81. The third-order valence-corrected chi connectivity index (χ3v) is 4.93. The maximum Gasteiger partial charge on any atom is 0.324 e. The van der Waals surface area contributed by atoms with Gasteiger partial charge < -0.3 is 31.0 Å². The van der Waals surface area contributed by atoms with Crippen molar-refractivity contribution in [3.8, 4) is 0 Å². The van der Waals surface area contributed by atoms with E-state index < -0.39 is 41.6 Å². The second-order valence-electron chi connectivity index (χ2n) is 8.76. The van der Waals surface area contributed by atoms with Crippen molar-refractivity contribution >= 4 is 41.9 Å². The summed E-state index contributed by atoms with van der Waals surface area (Å²) in [7, 11) is 0. The van der Waals surface area contributed by atoms with Crippen molar-refractivity contribution < 1.29 is 28.6 Å². The van der Waals surface area contributed by atoms with E-state index in [1.165, 1.54) is 6.08 Å². The molecule has 0 aliphatic carbocycles. The van der Waals surface area contributed by atoms with E-state index in [2.05, 4.69) is 11.9 Å². The van der Waals surface area contributed by atoms with Crippen molar-refractivity contribution in [2.24, 2.45) is 11.5 Å². The zero-order valence-electron chi connectivity index (χ0n) is 20.5. The van der Waals surface area contributed by atoms with Gasteiger partial charge >= 0.3 is 17.9 Å². The maximum atomic E-state index is 12.4. The van der Waals surface area contributed by atoms with Crippen LogP contribution in [0.5, 0.6) is 0 Å². The van der Waals surface area contributed by atoms with Crippen molar-refractivity contribution in [1.82, 2.24) is 5.32 Å². The lowest BCUT2D eigenvalue weighted by Gasteiger charge is -2.24. The largest absolute Gasteiger partial charge is 0.460 e. The van der Waals surface area contributed by atoms with Gasteiger partial charge in [0.1, 0.15) is 36.9 Å². The van der Waals surface area contributed by atoms with Crippen LogP contribution in [0.15, 0.2) is 36.9 Å². The Kier molecular flexibility index (Phi) is 15.5. The molecule has 3 atom stereocenters. The second-order valence-corrected chi connectivity index (χ2v) is 9.16. The topological polar surface area (TPSA) is 143 Å². The molecule has 0 heterocycles. The van der Waals surface area contributed by atoms with Crippen LogP contribution in [0.25, 0.3) is 0 Å². The smallest absolute Gasteiger partial charge is 0.324 e. The van der Waals surface area contributed by atoms with Crippen molar-refractivity contribution in [3.63, 3.8) is 0 Å². The lowest BCUT2D eigenvalue weighted by molar-refractivity contribution is -0.157. The molecule has 1 aromatic rings. The van der Waals surface area contributed by atoms with Crippen LogP contribution < -0.4 is 16.8 Å². The van der Waals surface area contributed by atoms with E-state index in [4.69, 9.17) is 37.3 Å². The molecule has 2 unspecified atom stereocenters. The van der Waals surface area contributed by atoms with Crippen LogP contribution >= 0.6 is 24.0 Å². The Morgan fingerprint density at radius 1 is 1.06 bits per heavy atom. The SMILES string of the molecule is C=CCOC(=O)[C@H](CCCC(N)C(=O)OCc1ccccc1Cl)NCC(N)C(=O)OC(C)(C)C.Cl. The minimum Gasteiger partial charge on any atom is -0.460 e. The third kappa shape index (κ3) is 13.5. The summed E-state index contributed by atoms with van der Waals surface area (Å²) >= 11 is 6.06. The van der Waals surface area contributed by atoms with E-state index in [9.17, 15) is 14.4 Å². The van der Waals surface area contributed by atoms with Gasteiger partial charge in [0.05, 0.1) is 0 Å². The van der Waals surface area contributed by atoms with Crippen molar-refractivity contribution in [2.75, 3.05) is 13.2 Å². The number of benzene rings is 1. The van der Waals surface area contributed by atoms with Gasteiger partial charge in [0.25, 0.3) is 0 Å². The van der Waals surface area contributed by atoms with Gasteiger partial charge in [0.2, 0.25) is 0 Å². The number of esters is 3. The number of ether oxygens (including phenoxy) is 3. The molecular weight excluding hydrogens is 497 g/mol. The molecule has 0 spiro atoms. The Balaban J connectivity index is 0.0000116. The first-order valence-corrected chi connectivity index (χ1v) is 11.5. The number of hydrogen-bond acceptors (Lipinski definition) is 9. The van der Waals surface area contributed by atoms with Crippen LogP contribution in [-0.4, -0.2) is 54.8 Å². The molecule has 1 rings (SSSR count). The fraction of sp³-hybridized carbons (Fsp3) is 0.542. The number of carbonyl (C=O) groups excluding carboxylic acids is 3. The summed E-state index contributed by atoms with van der Waals surface area (Å²) < 4.78 is 15.6. The lowest BCUT2D eigenvalue weighted by atomic mass is 10.1. The molecule has 0 aliphatic heterocycles. The first-order chi connectivity index (χ1) is 15.9. The molecule has 198 valence electrons. The fourth-order valence-electron chi connectivity index (χ4n) is 2.81. The molecule has 0 bridgehead atoms. The number of hydrogen-bond donors (Lipinski definition) is 3. The summed E-state index contributed by atoms with van der Waals surface area (Å²) in [6, 6.07) is 4.46. The molecule has 5 N–H and O–H groups in total. The average Bonchev–Trinajstić information content (AvgIpc) is 2.77. The van der Waals surface area contributed by atoms with E-state index in [-0.39, 0.29) is 38.6 Å². The van der Waals surface area contributed by atoms with Crippen molar-refractivity contribution in [3.05, 3.63) is 47.5 Å². The van der Waals surface area contributed by atoms with Gasteiger partial charge in [-0.15, -0.1) is 12.4 Å². The quantitative estimate of drug-likeness (QED) is 0.186. The predicted octanol–water partition coefficient (Wildman–Crippen LogP) is 2.66. The zero-order valence-corrected chi connectivity index (χ0v) is 22.0. The summed E-state index contributed by atoms with van der Waals surface area (Å²) in [5, 5.41) is 3.44. The average molecular weight is 534 g/mol.